The molecule has 0 atom stereocenters. The van der Waals surface area contributed by atoms with Crippen molar-refractivity contribution in [1.29, 1.82) is 0 Å². The summed E-state index contributed by atoms with van der Waals surface area (Å²) in [6.45, 7) is 2.17. The normalized spacial score (nSPS) is 16.4. The van der Waals surface area contributed by atoms with E-state index < -0.39 is 0 Å². The Morgan fingerprint density at radius 3 is 2.93 bits per heavy atom. The quantitative estimate of drug-likeness (QED) is 0.850. The first kappa shape index (κ1) is 10.9. The molecule has 1 fully saturated rings. The van der Waals surface area contributed by atoms with Crippen molar-refractivity contribution in [2.45, 2.75) is 16.7 Å². The Morgan fingerprint density at radius 2 is 2.33 bits per heavy atom. The summed E-state index contributed by atoms with van der Waals surface area (Å²) < 4.78 is 18.7. The highest BCUT2D eigenvalue weighted by atomic mass is 32.2. The monoisotopic (exact) mass is 227 g/mol. The van der Waals surface area contributed by atoms with Crippen LogP contribution in [0.15, 0.2) is 23.1 Å². The van der Waals surface area contributed by atoms with Gasteiger partial charge in [0.1, 0.15) is 5.82 Å². The Bertz CT molecular complexity index is 341. The number of nitrogens with one attached hydrogen (secondary N) is 1. The maximum atomic E-state index is 13.6. The predicted octanol–water partition coefficient (Wildman–Crippen LogP) is 2.04. The van der Waals surface area contributed by atoms with Crippen molar-refractivity contribution in [3.63, 3.8) is 0 Å². The van der Waals surface area contributed by atoms with Gasteiger partial charge in [-0.2, -0.15) is 0 Å². The molecule has 0 amide bonds. The van der Waals surface area contributed by atoms with E-state index in [1.54, 1.807) is 17.8 Å². The molecule has 15 heavy (non-hydrogen) atoms. The molecule has 0 aromatic heterocycles. The van der Waals surface area contributed by atoms with Crippen molar-refractivity contribution in [1.82, 2.24) is 5.32 Å². The first-order valence-electron chi connectivity index (χ1n) is 4.97. The molecule has 1 aromatic carbocycles. The molecule has 0 spiro atoms. The van der Waals surface area contributed by atoms with E-state index in [1.165, 1.54) is 6.07 Å². The topological polar surface area (TPSA) is 21.3 Å². The van der Waals surface area contributed by atoms with E-state index in [2.05, 4.69) is 5.32 Å². The molecular formula is C11H14FNOS. The van der Waals surface area contributed by atoms with Crippen molar-refractivity contribution in [2.75, 3.05) is 20.3 Å². The summed E-state index contributed by atoms with van der Waals surface area (Å²) in [5, 5.41) is 3.46. The van der Waals surface area contributed by atoms with Crippen LogP contribution in [0.1, 0.15) is 5.56 Å². The summed E-state index contributed by atoms with van der Waals surface area (Å²) in [7, 11) is 1.87. The molecule has 0 bridgehead atoms. The Hall–Kier alpha value is -0.580. The Balaban J connectivity index is 2.17. The van der Waals surface area contributed by atoms with E-state index in [0.717, 1.165) is 23.7 Å². The van der Waals surface area contributed by atoms with E-state index in [9.17, 15) is 4.39 Å². The minimum Gasteiger partial charge on any atom is -0.379 e. The molecule has 2 rings (SSSR count). The van der Waals surface area contributed by atoms with Crippen molar-refractivity contribution >= 4 is 11.8 Å². The predicted molar refractivity (Wildman–Crippen MR) is 59.6 cm³/mol. The van der Waals surface area contributed by atoms with Gasteiger partial charge in [0.25, 0.3) is 0 Å². The molecule has 4 heteroatoms. The lowest BCUT2D eigenvalue weighted by molar-refractivity contribution is 0.0454. The maximum absolute atomic E-state index is 13.6. The van der Waals surface area contributed by atoms with E-state index >= 15 is 0 Å². The highest BCUT2D eigenvalue weighted by molar-refractivity contribution is 8.00. The Morgan fingerprint density at radius 1 is 1.53 bits per heavy atom. The highest BCUT2D eigenvalue weighted by Gasteiger charge is 2.22. The molecule has 82 valence electrons. The van der Waals surface area contributed by atoms with Gasteiger partial charge in [0, 0.05) is 11.4 Å². The molecule has 1 aromatic rings. The van der Waals surface area contributed by atoms with Crippen LogP contribution in [0.5, 0.6) is 0 Å². The summed E-state index contributed by atoms with van der Waals surface area (Å²) in [4.78, 5) is 0.764. The highest BCUT2D eigenvalue weighted by Crippen LogP contribution is 2.32. The first-order chi connectivity index (χ1) is 7.31. The van der Waals surface area contributed by atoms with Crippen LogP contribution >= 0.6 is 11.8 Å². The zero-order chi connectivity index (χ0) is 10.7. The summed E-state index contributed by atoms with van der Waals surface area (Å²) in [6.07, 6.45) is 0. The summed E-state index contributed by atoms with van der Waals surface area (Å²) in [5.74, 6) is -0.125. The van der Waals surface area contributed by atoms with Gasteiger partial charge in [-0.25, -0.2) is 4.39 Å². The van der Waals surface area contributed by atoms with E-state index in [4.69, 9.17) is 4.74 Å². The van der Waals surface area contributed by atoms with Crippen LogP contribution in [0.2, 0.25) is 0 Å². The van der Waals surface area contributed by atoms with Gasteiger partial charge in [-0.15, -0.1) is 11.8 Å². The SMILES string of the molecule is CNCc1cccc(F)c1SC1COC1. The van der Waals surface area contributed by atoms with Crippen LogP contribution in [0.25, 0.3) is 0 Å². The van der Waals surface area contributed by atoms with Crippen molar-refractivity contribution in [3.05, 3.63) is 29.6 Å². The fourth-order valence-electron chi connectivity index (χ4n) is 1.46. The number of thioether (sulfide) groups is 1. The third-order valence-electron chi connectivity index (χ3n) is 2.31. The molecule has 0 saturated carbocycles. The van der Waals surface area contributed by atoms with Crippen LogP contribution in [0, 0.1) is 5.82 Å². The molecule has 1 N–H and O–H groups in total. The average Bonchev–Trinajstić information content (AvgIpc) is 2.15. The molecular weight excluding hydrogens is 213 g/mol. The third kappa shape index (κ3) is 2.51. The van der Waals surface area contributed by atoms with Crippen molar-refractivity contribution in [3.8, 4) is 0 Å². The minimum absolute atomic E-state index is 0.125. The zero-order valence-corrected chi connectivity index (χ0v) is 9.44. The van der Waals surface area contributed by atoms with Gasteiger partial charge < -0.3 is 10.1 Å². The van der Waals surface area contributed by atoms with E-state index in [1.807, 2.05) is 13.1 Å². The second-order valence-electron chi connectivity index (χ2n) is 3.54. The molecule has 1 saturated heterocycles. The molecule has 0 aliphatic carbocycles. The largest absolute Gasteiger partial charge is 0.379 e. The number of ether oxygens (including phenoxy) is 1. The van der Waals surface area contributed by atoms with Crippen LogP contribution in [-0.4, -0.2) is 25.5 Å². The molecule has 1 heterocycles. The number of rotatable bonds is 4. The standard InChI is InChI=1S/C11H14FNOS/c1-13-5-8-3-2-4-10(12)11(8)15-9-6-14-7-9/h2-4,9,13H,5-7H2,1H3. The zero-order valence-electron chi connectivity index (χ0n) is 8.63. The van der Waals surface area contributed by atoms with Crippen molar-refractivity contribution in [2.24, 2.45) is 0 Å². The fourth-order valence-corrected chi connectivity index (χ4v) is 2.60. The van der Waals surface area contributed by atoms with Crippen molar-refractivity contribution < 1.29 is 9.13 Å². The molecule has 1 aliphatic rings. The van der Waals surface area contributed by atoms with E-state index in [-0.39, 0.29) is 5.82 Å². The maximum Gasteiger partial charge on any atom is 0.137 e. The Kier molecular flexibility index (Phi) is 3.61. The second-order valence-corrected chi connectivity index (χ2v) is 4.85. The van der Waals surface area contributed by atoms with Crippen LogP contribution in [0.4, 0.5) is 4.39 Å². The summed E-state index contributed by atoms with van der Waals surface area (Å²) >= 11 is 1.58. The number of hydrogen-bond donors (Lipinski definition) is 1. The van der Waals surface area contributed by atoms with Crippen LogP contribution < -0.4 is 5.32 Å². The van der Waals surface area contributed by atoms with Gasteiger partial charge in [0.05, 0.1) is 18.5 Å². The number of hydrogen-bond acceptors (Lipinski definition) is 3. The lowest BCUT2D eigenvalue weighted by atomic mass is 10.2. The van der Waals surface area contributed by atoms with Crippen LogP contribution in [-0.2, 0) is 11.3 Å². The first-order valence-corrected chi connectivity index (χ1v) is 5.85. The van der Waals surface area contributed by atoms with Gasteiger partial charge in [0.2, 0.25) is 0 Å². The van der Waals surface area contributed by atoms with E-state index in [0.29, 0.717) is 11.8 Å². The molecule has 2 nitrogen and oxygen atoms in total. The number of halogens is 1. The lowest BCUT2D eigenvalue weighted by Crippen LogP contribution is -2.30. The third-order valence-corrected chi connectivity index (χ3v) is 3.61. The summed E-state index contributed by atoms with van der Waals surface area (Å²) in [6, 6.07) is 5.23. The van der Waals surface area contributed by atoms with Gasteiger partial charge in [0.15, 0.2) is 0 Å². The van der Waals surface area contributed by atoms with Gasteiger partial charge in [-0.3, -0.25) is 0 Å². The number of benzene rings is 1. The summed E-state index contributed by atoms with van der Waals surface area (Å²) in [5.41, 5.74) is 1.02. The molecule has 0 unspecified atom stereocenters. The lowest BCUT2D eigenvalue weighted by Gasteiger charge is -2.26. The van der Waals surface area contributed by atoms with Gasteiger partial charge >= 0.3 is 0 Å². The van der Waals surface area contributed by atoms with Crippen LogP contribution in [0.3, 0.4) is 0 Å². The smallest absolute Gasteiger partial charge is 0.137 e. The molecule has 1 aliphatic heterocycles. The minimum atomic E-state index is -0.125. The average molecular weight is 227 g/mol. The Labute approximate surface area is 93.2 Å². The molecule has 0 radical (unpaired) electrons. The van der Waals surface area contributed by atoms with Gasteiger partial charge in [-0.05, 0) is 18.7 Å². The fraction of sp³-hybridized carbons (Fsp3) is 0.455. The van der Waals surface area contributed by atoms with Gasteiger partial charge in [-0.1, -0.05) is 12.1 Å². The second kappa shape index (κ2) is 4.96.